The smallest absolute Gasteiger partial charge is 0.241 e. The molecule has 28 heavy (non-hydrogen) atoms. The van der Waals surface area contributed by atoms with Crippen molar-refractivity contribution in [2.24, 2.45) is 0 Å². The van der Waals surface area contributed by atoms with Gasteiger partial charge in [0.1, 0.15) is 12.3 Å². The Morgan fingerprint density at radius 1 is 1.21 bits per heavy atom. The summed E-state index contributed by atoms with van der Waals surface area (Å²) >= 11 is 6.12. The van der Waals surface area contributed by atoms with Crippen LogP contribution in [-0.4, -0.2) is 34.2 Å². The average molecular weight is 425 g/mol. The Bertz CT molecular complexity index is 930. The first-order chi connectivity index (χ1) is 13.2. The number of hydrogen-bond donors (Lipinski definition) is 1. The lowest BCUT2D eigenvalue weighted by Crippen LogP contribution is -2.41. The van der Waals surface area contributed by atoms with Crippen LogP contribution in [0.4, 0.5) is 5.69 Å². The maximum absolute atomic E-state index is 12.6. The molecular weight excluding hydrogens is 400 g/mol. The number of rotatable bonds is 8. The summed E-state index contributed by atoms with van der Waals surface area (Å²) in [5.41, 5.74) is 2.10. The number of amides is 1. The van der Waals surface area contributed by atoms with Crippen LogP contribution in [0.3, 0.4) is 0 Å². The molecule has 0 aliphatic rings. The highest BCUT2D eigenvalue weighted by atomic mass is 35.5. The average Bonchev–Trinajstić information content (AvgIpc) is 2.65. The fourth-order valence-electron chi connectivity index (χ4n) is 2.76. The molecule has 1 N–H and O–H groups in total. The topological polar surface area (TPSA) is 75.7 Å². The van der Waals surface area contributed by atoms with Crippen molar-refractivity contribution >= 4 is 33.2 Å². The Labute approximate surface area is 171 Å². The largest absolute Gasteiger partial charge is 0.497 e. The molecule has 0 spiro atoms. The van der Waals surface area contributed by atoms with E-state index in [1.807, 2.05) is 38.1 Å². The van der Waals surface area contributed by atoms with Crippen LogP contribution in [0.2, 0.25) is 5.02 Å². The van der Waals surface area contributed by atoms with E-state index in [1.165, 1.54) is 0 Å². The Kier molecular flexibility index (Phi) is 7.32. The first-order valence-electron chi connectivity index (χ1n) is 8.83. The van der Waals surface area contributed by atoms with Crippen molar-refractivity contribution in [1.29, 1.82) is 0 Å². The Balaban J connectivity index is 2.19. The number of aryl methyl sites for hydroxylation is 1. The van der Waals surface area contributed by atoms with Crippen molar-refractivity contribution in [3.05, 3.63) is 58.6 Å². The van der Waals surface area contributed by atoms with Gasteiger partial charge < -0.3 is 10.1 Å². The van der Waals surface area contributed by atoms with Crippen molar-refractivity contribution in [2.75, 3.05) is 24.2 Å². The summed E-state index contributed by atoms with van der Waals surface area (Å²) in [6, 6.07) is 12.1. The predicted octanol–water partition coefficient (Wildman–Crippen LogP) is 3.69. The summed E-state index contributed by atoms with van der Waals surface area (Å²) in [4.78, 5) is 12.6. The lowest BCUT2D eigenvalue weighted by atomic mass is 10.0. The van der Waals surface area contributed by atoms with E-state index >= 15 is 0 Å². The Morgan fingerprint density at radius 3 is 2.36 bits per heavy atom. The molecule has 152 valence electrons. The zero-order valence-electron chi connectivity index (χ0n) is 16.4. The van der Waals surface area contributed by atoms with E-state index < -0.39 is 15.9 Å². The van der Waals surface area contributed by atoms with E-state index in [-0.39, 0.29) is 12.6 Å². The number of carbonyl (C=O) groups is 1. The number of hydrogen-bond acceptors (Lipinski definition) is 4. The summed E-state index contributed by atoms with van der Waals surface area (Å²) in [7, 11) is -2.07. The van der Waals surface area contributed by atoms with Gasteiger partial charge in [-0.3, -0.25) is 9.10 Å². The van der Waals surface area contributed by atoms with Gasteiger partial charge in [-0.1, -0.05) is 36.7 Å². The highest BCUT2D eigenvalue weighted by Crippen LogP contribution is 2.25. The highest BCUT2D eigenvalue weighted by molar-refractivity contribution is 7.92. The molecule has 6 nitrogen and oxygen atoms in total. The van der Waals surface area contributed by atoms with Crippen LogP contribution >= 0.6 is 11.6 Å². The van der Waals surface area contributed by atoms with Crippen molar-refractivity contribution in [3.8, 4) is 5.75 Å². The summed E-state index contributed by atoms with van der Waals surface area (Å²) in [6.45, 7) is 3.44. The van der Waals surface area contributed by atoms with Crippen LogP contribution < -0.4 is 14.4 Å². The van der Waals surface area contributed by atoms with Crippen molar-refractivity contribution < 1.29 is 17.9 Å². The standard InChI is InChI=1S/C20H25ClN2O4S/c1-5-19(15-7-10-17(27-3)11-8-15)22-20(24)13-23(28(4,25)26)16-9-6-14(2)18(21)12-16/h6-12,19H,5,13H2,1-4H3,(H,22,24)/t19-/m0/s1. The van der Waals surface area contributed by atoms with Crippen molar-refractivity contribution in [3.63, 3.8) is 0 Å². The molecule has 0 saturated carbocycles. The van der Waals surface area contributed by atoms with Gasteiger partial charge >= 0.3 is 0 Å². The number of methoxy groups -OCH3 is 1. The SMILES string of the molecule is CC[C@H](NC(=O)CN(c1ccc(C)c(Cl)c1)S(C)(=O)=O)c1ccc(OC)cc1. The fourth-order valence-corrected chi connectivity index (χ4v) is 3.79. The number of nitrogens with zero attached hydrogens (tertiary/aromatic N) is 1. The lowest BCUT2D eigenvalue weighted by Gasteiger charge is -2.24. The molecule has 0 aliphatic carbocycles. The molecule has 1 atom stereocenters. The summed E-state index contributed by atoms with van der Waals surface area (Å²) in [5, 5.41) is 3.34. The van der Waals surface area contributed by atoms with Gasteiger partial charge in [0.15, 0.2) is 0 Å². The molecule has 0 saturated heterocycles. The zero-order chi connectivity index (χ0) is 20.9. The quantitative estimate of drug-likeness (QED) is 0.701. The van der Waals surface area contributed by atoms with Gasteiger partial charge in [0, 0.05) is 5.02 Å². The number of anilines is 1. The van der Waals surface area contributed by atoms with Gasteiger partial charge in [-0.15, -0.1) is 0 Å². The predicted molar refractivity (Wildman–Crippen MR) is 113 cm³/mol. The maximum Gasteiger partial charge on any atom is 0.241 e. The molecule has 0 aliphatic heterocycles. The summed E-state index contributed by atoms with van der Waals surface area (Å²) in [6.07, 6.45) is 1.72. The molecular formula is C20H25ClN2O4S. The molecule has 1 amide bonds. The first kappa shape index (κ1) is 22.0. The normalized spacial score (nSPS) is 12.3. The van der Waals surface area contributed by atoms with E-state index in [0.717, 1.165) is 27.4 Å². The number of nitrogens with one attached hydrogen (secondary N) is 1. The molecule has 2 aromatic rings. The lowest BCUT2D eigenvalue weighted by molar-refractivity contribution is -0.120. The third kappa shape index (κ3) is 5.62. The van der Waals surface area contributed by atoms with Gasteiger partial charge in [0.05, 0.1) is 25.1 Å². The van der Waals surface area contributed by atoms with E-state index in [2.05, 4.69) is 5.32 Å². The zero-order valence-corrected chi connectivity index (χ0v) is 18.0. The number of carbonyl (C=O) groups excluding carboxylic acids is 1. The number of sulfonamides is 1. The second-order valence-corrected chi connectivity index (χ2v) is 8.82. The van der Waals surface area contributed by atoms with Crippen LogP contribution in [0.5, 0.6) is 5.75 Å². The minimum absolute atomic E-state index is 0.235. The summed E-state index contributed by atoms with van der Waals surface area (Å²) in [5.74, 6) is 0.328. The molecule has 0 bridgehead atoms. The van der Waals surface area contributed by atoms with E-state index in [9.17, 15) is 13.2 Å². The van der Waals surface area contributed by atoms with Crippen molar-refractivity contribution in [1.82, 2.24) is 5.32 Å². The minimum Gasteiger partial charge on any atom is -0.497 e. The van der Waals surface area contributed by atoms with Crippen LogP contribution in [0.1, 0.15) is 30.5 Å². The molecule has 0 aromatic heterocycles. The van der Waals surface area contributed by atoms with Gasteiger partial charge in [-0.2, -0.15) is 0 Å². The van der Waals surface area contributed by atoms with Crippen molar-refractivity contribution in [2.45, 2.75) is 26.3 Å². The van der Waals surface area contributed by atoms with E-state index in [4.69, 9.17) is 16.3 Å². The third-order valence-electron chi connectivity index (χ3n) is 4.39. The fraction of sp³-hybridized carbons (Fsp3) is 0.350. The summed E-state index contributed by atoms with van der Waals surface area (Å²) < 4.78 is 30.7. The maximum atomic E-state index is 12.6. The van der Waals surface area contributed by atoms with Gasteiger partial charge in [-0.25, -0.2) is 8.42 Å². The monoisotopic (exact) mass is 424 g/mol. The molecule has 8 heteroatoms. The number of ether oxygens (including phenoxy) is 1. The number of benzene rings is 2. The molecule has 0 radical (unpaired) electrons. The molecule has 0 heterocycles. The first-order valence-corrected chi connectivity index (χ1v) is 11.1. The van der Waals surface area contributed by atoms with Crippen LogP contribution in [0, 0.1) is 6.92 Å². The molecule has 0 fully saturated rings. The second-order valence-electron chi connectivity index (χ2n) is 6.50. The second kappa shape index (κ2) is 9.30. The van der Waals surface area contributed by atoms with Crippen LogP contribution in [0.15, 0.2) is 42.5 Å². The minimum atomic E-state index is -3.66. The number of halogens is 1. The Hall–Kier alpha value is -2.25. The van der Waals surface area contributed by atoms with Gasteiger partial charge in [0.2, 0.25) is 15.9 Å². The van der Waals surface area contributed by atoms with E-state index in [1.54, 1.807) is 25.3 Å². The van der Waals surface area contributed by atoms with E-state index in [0.29, 0.717) is 17.1 Å². The molecule has 2 aromatic carbocycles. The third-order valence-corrected chi connectivity index (χ3v) is 5.94. The van der Waals surface area contributed by atoms with Gasteiger partial charge in [-0.05, 0) is 48.7 Å². The molecule has 2 rings (SSSR count). The molecule has 0 unspecified atom stereocenters. The van der Waals surface area contributed by atoms with Gasteiger partial charge in [0.25, 0.3) is 0 Å². The van der Waals surface area contributed by atoms with Crippen LogP contribution in [0.25, 0.3) is 0 Å². The van der Waals surface area contributed by atoms with Crippen LogP contribution in [-0.2, 0) is 14.8 Å². The Morgan fingerprint density at radius 2 is 1.86 bits per heavy atom. The highest BCUT2D eigenvalue weighted by Gasteiger charge is 2.23.